The Balaban J connectivity index is 0. The van der Waals surface area contributed by atoms with E-state index < -0.39 is 0 Å². The topological polar surface area (TPSA) is 47.9 Å². The summed E-state index contributed by atoms with van der Waals surface area (Å²) in [6.07, 6.45) is 8.39. The number of aliphatic hydroxyl groups is 1. The van der Waals surface area contributed by atoms with E-state index in [9.17, 15) is 0 Å². The molecule has 1 unspecified atom stereocenters. The van der Waals surface area contributed by atoms with Crippen LogP contribution in [0.1, 0.15) is 125 Å². The number of unbranched alkanes of at least 4 members (excludes halogenated alkanes) is 4. The van der Waals surface area contributed by atoms with Crippen LogP contribution >= 0.6 is 0 Å². The monoisotopic (exact) mass is 532 g/mol. The summed E-state index contributed by atoms with van der Waals surface area (Å²) in [5, 5.41) is 8.20. The molecule has 0 aliphatic rings. The van der Waals surface area contributed by atoms with Crippen molar-refractivity contribution >= 4 is 0 Å². The first-order valence-corrected chi connectivity index (χ1v) is 14.6. The molecule has 0 amide bonds. The fourth-order valence-electron chi connectivity index (χ4n) is 2.76. The van der Waals surface area contributed by atoms with Crippen LogP contribution in [0, 0.1) is 0 Å². The lowest BCUT2D eigenvalue weighted by atomic mass is 10.1. The van der Waals surface area contributed by atoms with Gasteiger partial charge in [-0.25, -0.2) is 9.78 Å². The molecule has 0 heterocycles. The molecule has 38 heavy (non-hydrogen) atoms. The molecule has 1 atom stereocenters. The number of hydrogen-bond donors (Lipinski definition) is 1. The molecule has 0 radical (unpaired) electrons. The number of benzene rings is 2. The Kier molecular flexibility index (Phi) is 24.6. The van der Waals surface area contributed by atoms with Gasteiger partial charge in [-0.3, -0.25) is 0 Å². The normalized spacial score (nSPS) is 11.7. The summed E-state index contributed by atoms with van der Waals surface area (Å²) in [6, 6.07) is 20.8. The molecule has 4 heteroatoms. The van der Waals surface area contributed by atoms with Crippen LogP contribution in [-0.2, 0) is 20.9 Å². The summed E-state index contributed by atoms with van der Waals surface area (Å²) in [5.41, 5.74) is 2.25. The summed E-state index contributed by atoms with van der Waals surface area (Å²) in [5.74, 6) is 0. The largest absolute Gasteiger partial charge is 0.396 e. The molecule has 4 nitrogen and oxygen atoms in total. The van der Waals surface area contributed by atoms with E-state index in [1.165, 1.54) is 36.8 Å². The number of ether oxygens (including phenoxy) is 1. The van der Waals surface area contributed by atoms with Gasteiger partial charge in [-0.2, -0.15) is 0 Å². The second-order valence-electron chi connectivity index (χ2n) is 11.3. The van der Waals surface area contributed by atoms with E-state index in [4.69, 9.17) is 19.6 Å². The van der Waals surface area contributed by atoms with Crippen molar-refractivity contribution in [3.63, 3.8) is 0 Å². The van der Waals surface area contributed by atoms with Crippen LogP contribution in [0.2, 0.25) is 0 Å². The van der Waals surface area contributed by atoms with Gasteiger partial charge >= 0.3 is 0 Å². The molecule has 2 aromatic rings. The number of aliphatic hydroxyl groups excluding tert-OH is 1. The van der Waals surface area contributed by atoms with Crippen molar-refractivity contribution in [1.29, 1.82) is 0 Å². The van der Waals surface area contributed by atoms with Crippen LogP contribution in [-0.4, -0.2) is 29.5 Å². The molecule has 0 aliphatic carbocycles. The van der Waals surface area contributed by atoms with Crippen molar-refractivity contribution in [2.45, 2.75) is 131 Å². The molecule has 2 aromatic carbocycles. The fraction of sp³-hybridized carbons (Fsp3) is 0.647. The zero-order chi connectivity index (χ0) is 29.3. The summed E-state index contributed by atoms with van der Waals surface area (Å²) in [7, 11) is 0. The van der Waals surface area contributed by atoms with Crippen molar-refractivity contribution < 1.29 is 19.6 Å². The predicted octanol–water partition coefficient (Wildman–Crippen LogP) is 9.90. The Morgan fingerprint density at radius 1 is 0.658 bits per heavy atom. The van der Waals surface area contributed by atoms with Gasteiger partial charge in [0.05, 0.1) is 17.3 Å². The van der Waals surface area contributed by atoms with Crippen LogP contribution in [0.3, 0.4) is 0 Å². The zero-order valence-electron chi connectivity index (χ0n) is 26.4. The molecule has 0 spiro atoms. The minimum atomic E-state index is -0.215. The molecule has 1 N–H and O–H groups in total. The summed E-state index contributed by atoms with van der Waals surface area (Å²) in [6.45, 7) is 21.6. The molecular weight excluding hydrogens is 472 g/mol. The molecular formula is C34H60O4. The molecule has 0 saturated carbocycles. The molecule has 0 saturated heterocycles. The Labute approximate surface area is 236 Å². The first-order chi connectivity index (χ1) is 17.9. The van der Waals surface area contributed by atoms with Crippen molar-refractivity contribution in [3.8, 4) is 0 Å². The predicted molar refractivity (Wildman–Crippen MR) is 164 cm³/mol. The van der Waals surface area contributed by atoms with E-state index in [-0.39, 0.29) is 17.3 Å². The highest BCUT2D eigenvalue weighted by Gasteiger charge is 2.18. The van der Waals surface area contributed by atoms with Crippen molar-refractivity contribution in [2.24, 2.45) is 0 Å². The Morgan fingerprint density at radius 3 is 1.45 bits per heavy atom. The lowest BCUT2D eigenvalue weighted by Gasteiger charge is -2.24. The van der Waals surface area contributed by atoms with Crippen LogP contribution in [0.25, 0.3) is 0 Å². The quantitative estimate of drug-likeness (QED) is 0.178. The van der Waals surface area contributed by atoms with Crippen molar-refractivity contribution in [3.05, 3.63) is 71.8 Å². The number of rotatable bonds is 11. The van der Waals surface area contributed by atoms with Gasteiger partial charge < -0.3 is 9.84 Å². The SMILES string of the molecule is CC(C)(C)OOC(C)(C)C.CCCCCO.CCCCCOC(C)c1ccccc1.CCc1ccccc1. The fourth-order valence-corrected chi connectivity index (χ4v) is 2.76. The Bertz CT molecular complexity index is 700. The van der Waals surface area contributed by atoms with E-state index in [0.29, 0.717) is 6.61 Å². The maximum absolute atomic E-state index is 8.20. The highest BCUT2D eigenvalue weighted by Crippen LogP contribution is 2.16. The van der Waals surface area contributed by atoms with Crippen molar-refractivity contribution in [2.75, 3.05) is 13.2 Å². The maximum Gasteiger partial charge on any atom is 0.0952 e. The van der Waals surface area contributed by atoms with Gasteiger partial charge in [0, 0.05) is 13.2 Å². The lowest BCUT2D eigenvalue weighted by Crippen LogP contribution is -2.27. The molecule has 0 aromatic heterocycles. The van der Waals surface area contributed by atoms with Gasteiger partial charge in [-0.15, -0.1) is 0 Å². The average molecular weight is 533 g/mol. The number of aryl methyl sites for hydroxylation is 1. The highest BCUT2D eigenvalue weighted by molar-refractivity contribution is 5.16. The Morgan fingerprint density at radius 2 is 1.11 bits per heavy atom. The van der Waals surface area contributed by atoms with E-state index in [1.54, 1.807) is 0 Å². The van der Waals surface area contributed by atoms with Crippen LogP contribution in [0.15, 0.2) is 60.7 Å². The molecule has 220 valence electrons. The second-order valence-corrected chi connectivity index (χ2v) is 11.3. The molecule has 0 fully saturated rings. The smallest absolute Gasteiger partial charge is 0.0952 e. The van der Waals surface area contributed by atoms with Gasteiger partial charge in [0.15, 0.2) is 0 Å². The van der Waals surface area contributed by atoms with Crippen LogP contribution < -0.4 is 0 Å². The minimum Gasteiger partial charge on any atom is -0.396 e. The summed E-state index contributed by atoms with van der Waals surface area (Å²) < 4.78 is 5.73. The maximum atomic E-state index is 8.20. The third-order valence-electron chi connectivity index (χ3n) is 4.94. The third-order valence-corrected chi connectivity index (χ3v) is 4.94. The molecule has 2 rings (SSSR count). The first kappa shape index (κ1) is 38.4. The van der Waals surface area contributed by atoms with E-state index in [1.807, 2.05) is 53.7 Å². The Hall–Kier alpha value is -1.72. The average Bonchev–Trinajstić information content (AvgIpc) is 2.90. The van der Waals surface area contributed by atoms with Gasteiger partial charge in [-0.1, -0.05) is 107 Å². The highest BCUT2D eigenvalue weighted by atomic mass is 17.2. The van der Waals surface area contributed by atoms with Gasteiger partial charge in [0.2, 0.25) is 0 Å². The van der Waals surface area contributed by atoms with E-state index in [0.717, 1.165) is 25.9 Å². The third kappa shape index (κ3) is 28.8. The summed E-state index contributed by atoms with van der Waals surface area (Å²) in [4.78, 5) is 10.2. The van der Waals surface area contributed by atoms with E-state index in [2.05, 4.69) is 76.2 Å². The standard InChI is InChI=1S/C13H20O.C8H18O2.C8H10.C5H12O/c1-3-4-8-11-14-12(2)13-9-6-5-7-10-13;1-7(2,3)9-10-8(4,5)6;1-2-8-6-4-3-5-7-8;1-2-3-4-5-6/h5-7,9-10,12H,3-4,8,11H2,1-2H3;1-6H3;3-7H,2H2,1H3;6H,2-5H2,1H3. The van der Waals surface area contributed by atoms with Gasteiger partial charge in [-0.05, 0) is 78.9 Å². The van der Waals surface area contributed by atoms with Gasteiger partial charge in [0.1, 0.15) is 0 Å². The lowest BCUT2D eigenvalue weighted by molar-refractivity contribution is -0.393. The van der Waals surface area contributed by atoms with E-state index >= 15 is 0 Å². The van der Waals surface area contributed by atoms with Crippen LogP contribution in [0.5, 0.6) is 0 Å². The van der Waals surface area contributed by atoms with Crippen LogP contribution in [0.4, 0.5) is 0 Å². The summed E-state index contributed by atoms with van der Waals surface area (Å²) >= 11 is 0. The second kappa shape index (κ2) is 24.3. The molecule has 0 bridgehead atoms. The van der Waals surface area contributed by atoms with Crippen molar-refractivity contribution in [1.82, 2.24) is 0 Å². The zero-order valence-corrected chi connectivity index (χ0v) is 26.4. The first-order valence-electron chi connectivity index (χ1n) is 14.6. The van der Waals surface area contributed by atoms with Gasteiger partial charge in [0.25, 0.3) is 0 Å². The minimum absolute atomic E-state index is 0.215. The molecule has 0 aliphatic heterocycles. The number of hydrogen-bond acceptors (Lipinski definition) is 4.